The van der Waals surface area contributed by atoms with Gasteiger partial charge in [0.15, 0.2) is 0 Å². The summed E-state index contributed by atoms with van der Waals surface area (Å²) < 4.78 is 10.5. The molecule has 1 aliphatic rings. The van der Waals surface area contributed by atoms with Gasteiger partial charge in [0, 0.05) is 10.6 Å². The quantitative estimate of drug-likeness (QED) is 0.902. The fourth-order valence-corrected chi connectivity index (χ4v) is 2.54. The normalized spacial score (nSPS) is 18.6. The minimum absolute atomic E-state index is 0.198. The fourth-order valence-electron chi connectivity index (χ4n) is 2.19. The van der Waals surface area contributed by atoms with Gasteiger partial charge in [-0.3, -0.25) is 0 Å². The van der Waals surface area contributed by atoms with Crippen molar-refractivity contribution >= 4 is 11.6 Å². The average molecular weight is 256 g/mol. The highest BCUT2D eigenvalue weighted by molar-refractivity contribution is 6.31. The van der Waals surface area contributed by atoms with E-state index in [1.165, 1.54) is 0 Å². The van der Waals surface area contributed by atoms with Crippen molar-refractivity contribution in [3.63, 3.8) is 0 Å². The molecule has 0 spiro atoms. The molecule has 0 unspecified atom stereocenters. The van der Waals surface area contributed by atoms with Crippen LogP contribution in [0.25, 0.3) is 0 Å². The second kappa shape index (κ2) is 4.16. The first-order valence-electron chi connectivity index (χ1n) is 5.61. The van der Waals surface area contributed by atoms with Crippen molar-refractivity contribution in [1.29, 1.82) is 0 Å². The molecule has 1 fully saturated rings. The lowest BCUT2D eigenvalue weighted by Crippen LogP contribution is -2.64. The van der Waals surface area contributed by atoms with Crippen LogP contribution in [0, 0.1) is 0 Å². The molecule has 17 heavy (non-hydrogen) atoms. The monoisotopic (exact) mass is 255 g/mol. The Morgan fingerprint density at radius 2 is 2.06 bits per heavy atom. The van der Waals surface area contributed by atoms with E-state index in [4.69, 9.17) is 26.8 Å². The highest BCUT2D eigenvalue weighted by Gasteiger charge is 2.51. The molecule has 1 heterocycles. The molecule has 0 radical (unpaired) electrons. The van der Waals surface area contributed by atoms with E-state index in [-0.39, 0.29) is 11.0 Å². The highest BCUT2D eigenvalue weighted by Crippen LogP contribution is 2.44. The number of benzene rings is 1. The zero-order valence-corrected chi connectivity index (χ0v) is 11.2. The summed E-state index contributed by atoms with van der Waals surface area (Å²) in [6, 6.07) is 5.72. The Morgan fingerprint density at radius 1 is 1.41 bits per heavy atom. The smallest absolute Gasteiger partial charge is 0.120 e. The fraction of sp³-hybridized carbons (Fsp3) is 0.538. The van der Waals surface area contributed by atoms with Crippen molar-refractivity contribution in [2.45, 2.75) is 24.8 Å². The first kappa shape index (κ1) is 12.7. The molecule has 0 amide bonds. The molecule has 94 valence electrons. The summed E-state index contributed by atoms with van der Waals surface area (Å²) in [6.07, 6.45) is 0. The molecule has 1 aromatic rings. The van der Waals surface area contributed by atoms with E-state index in [1.54, 1.807) is 7.11 Å². The van der Waals surface area contributed by atoms with E-state index in [0.29, 0.717) is 18.2 Å². The Labute approximate surface area is 107 Å². The lowest BCUT2D eigenvalue weighted by molar-refractivity contribution is -0.0918. The second-order valence-electron chi connectivity index (χ2n) is 5.14. The second-order valence-corrected chi connectivity index (χ2v) is 5.55. The van der Waals surface area contributed by atoms with Crippen LogP contribution in [-0.2, 0) is 10.2 Å². The van der Waals surface area contributed by atoms with Crippen LogP contribution in [0.1, 0.15) is 19.4 Å². The van der Waals surface area contributed by atoms with Crippen LogP contribution < -0.4 is 10.5 Å². The zero-order valence-electron chi connectivity index (χ0n) is 10.4. The summed E-state index contributed by atoms with van der Waals surface area (Å²) in [5.41, 5.74) is 6.75. The van der Waals surface area contributed by atoms with Gasteiger partial charge in [0.05, 0.1) is 25.7 Å². The summed E-state index contributed by atoms with van der Waals surface area (Å²) in [5.74, 6) is 0.754. The Hall–Kier alpha value is -0.770. The van der Waals surface area contributed by atoms with E-state index in [1.807, 2.05) is 32.0 Å². The molecule has 0 bridgehead atoms. The molecule has 1 saturated heterocycles. The summed E-state index contributed by atoms with van der Waals surface area (Å²) >= 11 is 6.32. The van der Waals surface area contributed by atoms with Crippen LogP contribution >= 0.6 is 11.6 Å². The van der Waals surface area contributed by atoms with Gasteiger partial charge in [0.25, 0.3) is 0 Å². The largest absolute Gasteiger partial charge is 0.497 e. The van der Waals surface area contributed by atoms with Crippen LogP contribution in [0.4, 0.5) is 0 Å². The predicted molar refractivity (Wildman–Crippen MR) is 68.8 cm³/mol. The molecule has 2 N–H and O–H groups in total. The Kier molecular flexibility index (Phi) is 3.10. The first-order valence-corrected chi connectivity index (χ1v) is 5.99. The molecular formula is C13H18ClNO2. The molecule has 1 aliphatic heterocycles. The van der Waals surface area contributed by atoms with Crippen LogP contribution in [-0.4, -0.2) is 25.9 Å². The predicted octanol–water partition coefficient (Wildman–Crippen LogP) is 2.35. The molecule has 3 nitrogen and oxygen atoms in total. The van der Waals surface area contributed by atoms with Gasteiger partial charge in [-0.05, 0) is 31.5 Å². The number of halogens is 1. The third kappa shape index (κ3) is 1.92. The molecule has 4 heteroatoms. The van der Waals surface area contributed by atoms with Crippen molar-refractivity contribution in [2.75, 3.05) is 20.3 Å². The molecule has 0 atom stereocenters. The van der Waals surface area contributed by atoms with Gasteiger partial charge < -0.3 is 15.2 Å². The molecule has 2 rings (SSSR count). The van der Waals surface area contributed by atoms with Crippen molar-refractivity contribution in [2.24, 2.45) is 5.73 Å². The Bertz CT molecular complexity index is 422. The maximum absolute atomic E-state index is 6.32. The maximum atomic E-state index is 6.32. The van der Waals surface area contributed by atoms with Gasteiger partial charge in [-0.2, -0.15) is 0 Å². The topological polar surface area (TPSA) is 44.5 Å². The van der Waals surface area contributed by atoms with Gasteiger partial charge >= 0.3 is 0 Å². The molecule has 0 aliphatic carbocycles. The van der Waals surface area contributed by atoms with E-state index >= 15 is 0 Å². The van der Waals surface area contributed by atoms with E-state index < -0.39 is 0 Å². The minimum Gasteiger partial charge on any atom is -0.497 e. The van der Waals surface area contributed by atoms with Crippen molar-refractivity contribution in [1.82, 2.24) is 0 Å². The van der Waals surface area contributed by atoms with Gasteiger partial charge in [-0.1, -0.05) is 17.7 Å². The zero-order chi connectivity index (χ0) is 12.7. The number of rotatable bonds is 3. The molecule has 0 aromatic heterocycles. The summed E-state index contributed by atoms with van der Waals surface area (Å²) in [4.78, 5) is 0. The van der Waals surface area contributed by atoms with Gasteiger partial charge in [-0.25, -0.2) is 0 Å². The Balaban J connectivity index is 2.45. The van der Waals surface area contributed by atoms with Crippen molar-refractivity contribution in [3.8, 4) is 5.75 Å². The number of ether oxygens (including phenoxy) is 2. The number of hydrogen-bond donors (Lipinski definition) is 1. The molecule has 0 saturated carbocycles. The lowest BCUT2D eigenvalue weighted by atomic mass is 9.65. The SMILES string of the molecule is COc1ccc(C2(C(C)(C)N)COC2)c(Cl)c1. The van der Waals surface area contributed by atoms with Gasteiger partial charge in [0.2, 0.25) is 0 Å². The van der Waals surface area contributed by atoms with Crippen LogP contribution in [0.5, 0.6) is 5.75 Å². The van der Waals surface area contributed by atoms with Crippen LogP contribution in [0.2, 0.25) is 5.02 Å². The summed E-state index contributed by atoms with van der Waals surface area (Å²) in [5, 5.41) is 0.686. The molecule has 1 aromatic carbocycles. The number of nitrogens with two attached hydrogens (primary N) is 1. The first-order chi connectivity index (χ1) is 7.90. The molecular weight excluding hydrogens is 238 g/mol. The average Bonchev–Trinajstić information content (AvgIpc) is 2.16. The van der Waals surface area contributed by atoms with E-state index in [9.17, 15) is 0 Å². The maximum Gasteiger partial charge on any atom is 0.120 e. The minimum atomic E-state index is -0.372. The van der Waals surface area contributed by atoms with Crippen LogP contribution in [0.3, 0.4) is 0 Å². The van der Waals surface area contributed by atoms with Gasteiger partial charge in [-0.15, -0.1) is 0 Å². The standard InChI is InChI=1S/C13H18ClNO2/c1-12(2,15)13(7-17-8-13)10-5-4-9(16-3)6-11(10)14/h4-6H,7-8,15H2,1-3H3. The number of methoxy groups -OCH3 is 1. The lowest BCUT2D eigenvalue weighted by Gasteiger charge is -2.51. The highest BCUT2D eigenvalue weighted by atomic mass is 35.5. The van der Waals surface area contributed by atoms with Crippen molar-refractivity contribution < 1.29 is 9.47 Å². The number of hydrogen-bond acceptors (Lipinski definition) is 3. The van der Waals surface area contributed by atoms with E-state index in [0.717, 1.165) is 11.3 Å². The summed E-state index contributed by atoms with van der Waals surface area (Å²) in [7, 11) is 1.63. The van der Waals surface area contributed by atoms with E-state index in [2.05, 4.69) is 0 Å². The third-order valence-electron chi connectivity index (χ3n) is 3.62. The van der Waals surface area contributed by atoms with Crippen LogP contribution in [0.15, 0.2) is 18.2 Å². The third-order valence-corrected chi connectivity index (χ3v) is 3.93. The van der Waals surface area contributed by atoms with Crippen molar-refractivity contribution in [3.05, 3.63) is 28.8 Å². The van der Waals surface area contributed by atoms with Gasteiger partial charge in [0.1, 0.15) is 5.75 Å². The Morgan fingerprint density at radius 3 is 2.41 bits per heavy atom. The summed E-state index contributed by atoms with van der Waals surface area (Å²) in [6.45, 7) is 5.25.